The largest absolute Gasteiger partial charge is 0.478 e. The average molecular weight is 287 g/mol. The van der Waals surface area contributed by atoms with E-state index in [1.165, 1.54) is 4.90 Å². The van der Waals surface area contributed by atoms with Crippen LogP contribution in [0.5, 0.6) is 5.75 Å². The van der Waals surface area contributed by atoms with Gasteiger partial charge in [-0.15, -0.1) is 0 Å². The highest BCUT2D eigenvalue weighted by atomic mass is 32.1. The Morgan fingerprint density at radius 3 is 2.65 bits per heavy atom. The summed E-state index contributed by atoms with van der Waals surface area (Å²) in [4.78, 5) is 15.2. The minimum Gasteiger partial charge on any atom is -0.478 e. The van der Waals surface area contributed by atoms with E-state index in [9.17, 15) is 4.79 Å². The maximum absolute atomic E-state index is 12.1. The first-order chi connectivity index (χ1) is 9.56. The van der Waals surface area contributed by atoms with Crippen molar-refractivity contribution >= 4 is 29.3 Å². The van der Waals surface area contributed by atoms with Crippen LogP contribution < -0.4 is 4.74 Å². The zero-order chi connectivity index (χ0) is 14.7. The second-order valence-corrected chi connectivity index (χ2v) is 4.59. The zero-order valence-electron chi connectivity index (χ0n) is 11.2. The van der Waals surface area contributed by atoms with Crippen molar-refractivity contribution in [2.24, 2.45) is 0 Å². The number of likely N-dealkylation sites (N-methyl/N-ethyl adjacent to an activating group) is 2. The van der Waals surface area contributed by atoms with Crippen molar-refractivity contribution in [2.45, 2.75) is 0 Å². The number of para-hydroxylation sites is 1. The molecule has 0 aromatic heterocycles. The van der Waals surface area contributed by atoms with Gasteiger partial charge in [-0.3, -0.25) is 9.69 Å². The third-order valence-electron chi connectivity index (χ3n) is 2.96. The van der Waals surface area contributed by atoms with Crippen molar-refractivity contribution in [3.05, 3.63) is 35.5 Å². The van der Waals surface area contributed by atoms with E-state index in [2.05, 4.69) is 0 Å². The highest BCUT2D eigenvalue weighted by Gasteiger charge is 2.32. The average Bonchev–Trinajstić information content (AvgIpc) is 2.64. The van der Waals surface area contributed by atoms with E-state index in [0.717, 1.165) is 5.56 Å². The van der Waals surface area contributed by atoms with Crippen LogP contribution >= 0.6 is 12.2 Å². The van der Waals surface area contributed by atoms with Crippen LogP contribution in [0.2, 0.25) is 0 Å². The van der Waals surface area contributed by atoms with Crippen LogP contribution in [0.3, 0.4) is 0 Å². The van der Waals surface area contributed by atoms with Crippen molar-refractivity contribution < 1.29 is 9.53 Å². The van der Waals surface area contributed by atoms with Crippen LogP contribution in [-0.2, 0) is 4.79 Å². The molecule has 0 spiro atoms. The Morgan fingerprint density at radius 2 is 2.05 bits per heavy atom. The number of thiocarbonyl (C=S) groups is 1. The van der Waals surface area contributed by atoms with Crippen LogP contribution in [0.15, 0.2) is 30.0 Å². The van der Waals surface area contributed by atoms with Crippen LogP contribution in [0, 0.1) is 11.3 Å². The Hall–Kier alpha value is -2.39. The number of carbonyl (C=O) groups excluding carboxylic acids is 1. The fourth-order valence-corrected chi connectivity index (χ4v) is 2.06. The molecular weight excluding hydrogens is 274 g/mol. The first-order valence-corrected chi connectivity index (χ1v) is 6.33. The van der Waals surface area contributed by atoms with E-state index in [1.807, 2.05) is 24.3 Å². The standard InChI is InChI=1S/C14H13N3O2S/c1-16-11(13(18)17(2)14(16)20)9-10-5-3-4-6-12(10)19-8-7-15/h3-6,9H,8H2,1-2H3/b11-9-. The van der Waals surface area contributed by atoms with Gasteiger partial charge in [0.15, 0.2) is 11.7 Å². The molecule has 0 bridgehead atoms. The molecule has 1 aromatic carbocycles. The zero-order valence-corrected chi connectivity index (χ0v) is 12.0. The SMILES string of the molecule is CN1C(=O)/C(=C/c2ccccc2OCC#N)N(C)C1=S. The van der Waals surface area contributed by atoms with Crippen molar-refractivity contribution in [1.82, 2.24) is 9.80 Å². The van der Waals surface area contributed by atoms with Gasteiger partial charge in [-0.2, -0.15) is 5.26 Å². The summed E-state index contributed by atoms with van der Waals surface area (Å²) in [5.74, 6) is 0.399. The molecule has 1 fully saturated rings. The molecule has 0 saturated carbocycles. The molecule has 0 aliphatic carbocycles. The fourth-order valence-electron chi connectivity index (χ4n) is 1.88. The molecule has 0 N–H and O–H groups in total. The van der Waals surface area contributed by atoms with Gasteiger partial charge in [-0.1, -0.05) is 18.2 Å². The van der Waals surface area contributed by atoms with Crippen LogP contribution in [-0.4, -0.2) is 41.5 Å². The Balaban J connectivity index is 2.38. The lowest BCUT2D eigenvalue weighted by molar-refractivity contribution is -0.121. The summed E-state index contributed by atoms with van der Waals surface area (Å²) in [6.07, 6.45) is 1.71. The molecular formula is C14H13N3O2S. The highest BCUT2D eigenvalue weighted by molar-refractivity contribution is 7.80. The van der Waals surface area contributed by atoms with Gasteiger partial charge in [0.05, 0.1) is 0 Å². The lowest BCUT2D eigenvalue weighted by Gasteiger charge is -2.11. The second-order valence-electron chi connectivity index (χ2n) is 4.22. The van der Waals surface area contributed by atoms with E-state index in [-0.39, 0.29) is 12.5 Å². The first kappa shape index (κ1) is 14.0. The molecule has 2 rings (SSSR count). The van der Waals surface area contributed by atoms with Gasteiger partial charge >= 0.3 is 0 Å². The molecule has 1 aromatic rings. The third kappa shape index (κ3) is 2.49. The highest BCUT2D eigenvalue weighted by Crippen LogP contribution is 2.25. The molecule has 0 unspecified atom stereocenters. The fraction of sp³-hybridized carbons (Fsp3) is 0.214. The molecule has 102 valence electrons. The Bertz CT molecular complexity index is 634. The van der Waals surface area contributed by atoms with E-state index in [4.69, 9.17) is 22.2 Å². The minimum absolute atomic E-state index is 0.0394. The van der Waals surface area contributed by atoms with Crippen LogP contribution in [0.4, 0.5) is 0 Å². The normalized spacial score (nSPS) is 16.8. The van der Waals surface area contributed by atoms with E-state index in [0.29, 0.717) is 16.6 Å². The molecule has 0 radical (unpaired) electrons. The van der Waals surface area contributed by atoms with Gasteiger partial charge in [-0.05, 0) is 24.4 Å². The lowest BCUT2D eigenvalue weighted by Crippen LogP contribution is -2.26. The Morgan fingerprint density at radius 1 is 1.35 bits per heavy atom. The minimum atomic E-state index is -0.160. The summed E-state index contributed by atoms with van der Waals surface area (Å²) in [6.45, 7) is -0.0394. The Kier molecular flexibility index (Phi) is 4.01. The summed E-state index contributed by atoms with van der Waals surface area (Å²) >= 11 is 5.15. The van der Waals surface area contributed by atoms with Crippen molar-refractivity contribution in [3.63, 3.8) is 0 Å². The monoisotopic (exact) mass is 287 g/mol. The number of amides is 1. The number of nitriles is 1. The number of hydrogen-bond donors (Lipinski definition) is 0. The summed E-state index contributed by atoms with van der Waals surface area (Å²) in [5, 5.41) is 9.03. The van der Waals surface area contributed by atoms with Crippen molar-refractivity contribution in [2.75, 3.05) is 20.7 Å². The van der Waals surface area contributed by atoms with Gasteiger partial charge in [0.25, 0.3) is 5.91 Å². The number of hydrogen-bond acceptors (Lipinski definition) is 4. The number of ether oxygens (including phenoxy) is 1. The topological polar surface area (TPSA) is 56.6 Å². The summed E-state index contributed by atoms with van der Waals surface area (Å²) in [6, 6.07) is 9.15. The molecule has 6 heteroatoms. The molecule has 5 nitrogen and oxygen atoms in total. The predicted molar refractivity (Wildman–Crippen MR) is 78.7 cm³/mol. The number of rotatable bonds is 3. The molecule has 20 heavy (non-hydrogen) atoms. The summed E-state index contributed by atoms with van der Waals surface area (Å²) < 4.78 is 5.34. The number of benzene rings is 1. The van der Waals surface area contributed by atoms with Crippen LogP contribution in [0.1, 0.15) is 5.56 Å². The van der Waals surface area contributed by atoms with Gasteiger partial charge in [0, 0.05) is 19.7 Å². The smallest absolute Gasteiger partial charge is 0.276 e. The van der Waals surface area contributed by atoms with Gasteiger partial charge in [0.1, 0.15) is 17.5 Å². The van der Waals surface area contributed by atoms with Crippen molar-refractivity contribution in [3.8, 4) is 11.8 Å². The summed E-state index contributed by atoms with van der Waals surface area (Å²) in [5.41, 5.74) is 1.21. The quantitative estimate of drug-likeness (QED) is 0.624. The molecule has 1 saturated heterocycles. The van der Waals surface area contributed by atoms with E-state index < -0.39 is 0 Å². The third-order valence-corrected chi connectivity index (χ3v) is 3.51. The number of carbonyl (C=O) groups is 1. The molecule has 1 aliphatic heterocycles. The van der Waals surface area contributed by atoms with E-state index >= 15 is 0 Å². The van der Waals surface area contributed by atoms with Crippen LogP contribution in [0.25, 0.3) is 6.08 Å². The van der Waals surface area contributed by atoms with Crippen molar-refractivity contribution in [1.29, 1.82) is 5.26 Å². The van der Waals surface area contributed by atoms with E-state index in [1.54, 1.807) is 31.1 Å². The predicted octanol–water partition coefficient (Wildman–Crippen LogP) is 1.62. The molecule has 1 aliphatic rings. The molecule has 1 heterocycles. The molecule has 1 amide bonds. The van der Waals surface area contributed by atoms with Gasteiger partial charge in [-0.25, -0.2) is 0 Å². The second kappa shape index (κ2) is 5.72. The summed E-state index contributed by atoms with van der Waals surface area (Å²) in [7, 11) is 3.38. The molecule has 0 atom stereocenters. The maximum atomic E-state index is 12.1. The first-order valence-electron chi connectivity index (χ1n) is 5.92. The lowest BCUT2D eigenvalue weighted by atomic mass is 10.1. The number of nitrogens with zero attached hydrogens (tertiary/aromatic N) is 3. The van der Waals surface area contributed by atoms with Gasteiger partial charge in [0.2, 0.25) is 0 Å². The maximum Gasteiger partial charge on any atom is 0.276 e. The Labute approximate surface area is 122 Å². The van der Waals surface area contributed by atoms with Gasteiger partial charge < -0.3 is 9.64 Å².